The van der Waals surface area contributed by atoms with Crippen molar-refractivity contribution < 1.29 is 0 Å². The second-order valence-electron chi connectivity index (χ2n) is 5.51. The summed E-state index contributed by atoms with van der Waals surface area (Å²) in [6.45, 7) is 7.54. The number of hydrogen-bond acceptors (Lipinski definition) is 0. The average molecular weight is 160 g/mol. The molecule has 0 N–H and O–H groups in total. The van der Waals surface area contributed by atoms with Gasteiger partial charge in [0.2, 0.25) is 0 Å². The molecular weight excluding hydrogens is 143 g/mol. The van der Waals surface area contributed by atoms with Crippen molar-refractivity contribution in [2.75, 3.05) is 0 Å². The monoisotopic (exact) mass is 160 g/mol. The molecular formula is C10H17Na. The molecule has 1 heteroatoms. The minimum atomic E-state index is 0.666. The van der Waals surface area contributed by atoms with E-state index in [1.165, 1.54) is 40.8 Å². The van der Waals surface area contributed by atoms with Crippen LogP contribution in [0.5, 0.6) is 0 Å². The van der Waals surface area contributed by atoms with Gasteiger partial charge in [-0.2, -0.15) is 0 Å². The predicted octanol–water partition coefficient (Wildman–Crippen LogP) is 2.79. The van der Waals surface area contributed by atoms with E-state index < -0.39 is 0 Å². The molecule has 11 heavy (non-hydrogen) atoms. The molecule has 3 atom stereocenters. The van der Waals surface area contributed by atoms with Gasteiger partial charge in [0.05, 0.1) is 0 Å². The zero-order valence-corrected chi connectivity index (χ0v) is 10.3. The predicted molar refractivity (Wildman–Crippen MR) is 48.7 cm³/mol. The Morgan fingerprint density at radius 2 is 1.91 bits per heavy atom. The van der Waals surface area contributed by atoms with E-state index in [1.807, 2.05) is 0 Å². The van der Waals surface area contributed by atoms with Gasteiger partial charge in [-0.3, -0.25) is 0 Å². The zero-order valence-electron chi connectivity index (χ0n) is 8.28. The second kappa shape index (κ2) is 2.27. The van der Waals surface area contributed by atoms with Gasteiger partial charge in [-0.1, -0.05) is 0 Å². The Kier molecular flexibility index (Phi) is 1.78. The Morgan fingerprint density at radius 3 is 2.09 bits per heavy atom. The maximum atomic E-state index is 2.54. The molecule has 0 radical (unpaired) electrons. The molecule has 2 rings (SSSR count). The Labute approximate surface area is 87.5 Å². The molecule has 0 aromatic carbocycles. The summed E-state index contributed by atoms with van der Waals surface area (Å²) in [4.78, 5) is 0. The van der Waals surface area contributed by atoms with Gasteiger partial charge in [-0.15, -0.1) is 0 Å². The molecule has 0 saturated heterocycles. The zero-order chi connectivity index (χ0) is 8.28. The molecule has 0 amide bonds. The van der Waals surface area contributed by atoms with Crippen LogP contribution in [0.4, 0.5) is 0 Å². The Bertz CT molecular complexity index is 185. The first-order valence-corrected chi connectivity index (χ1v) is 6.14. The van der Waals surface area contributed by atoms with Crippen LogP contribution in [0.15, 0.2) is 0 Å². The van der Waals surface area contributed by atoms with Crippen molar-refractivity contribution in [1.82, 2.24) is 0 Å². The normalized spacial score (nSPS) is 53.5. The molecule has 0 aromatic heterocycles. The molecule has 2 saturated carbocycles. The van der Waals surface area contributed by atoms with E-state index in [-0.39, 0.29) is 0 Å². The summed E-state index contributed by atoms with van der Waals surface area (Å²) in [7, 11) is 0. The summed E-state index contributed by atoms with van der Waals surface area (Å²) >= 11 is 1.42. The second-order valence-corrected chi connectivity index (χ2v) is 6.91. The van der Waals surface area contributed by atoms with Crippen molar-refractivity contribution in [3.8, 4) is 0 Å². The first-order valence-electron chi connectivity index (χ1n) is 4.98. The van der Waals surface area contributed by atoms with Crippen LogP contribution in [-0.2, 0) is 0 Å². The molecule has 58 valence electrons. The van der Waals surface area contributed by atoms with Gasteiger partial charge in [0.25, 0.3) is 0 Å². The van der Waals surface area contributed by atoms with Gasteiger partial charge in [-0.25, -0.2) is 0 Å². The van der Waals surface area contributed by atoms with Crippen LogP contribution in [0.3, 0.4) is 0 Å². The molecule has 0 aromatic rings. The van der Waals surface area contributed by atoms with E-state index in [2.05, 4.69) is 20.8 Å². The number of hydrogen-bond donors (Lipinski definition) is 0. The third-order valence-corrected chi connectivity index (χ3v) is 6.98. The summed E-state index contributed by atoms with van der Waals surface area (Å²) < 4.78 is 1.11. The van der Waals surface area contributed by atoms with E-state index in [0.29, 0.717) is 5.41 Å². The Morgan fingerprint density at radius 1 is 1.27 bits per heavy atom. The molecule has 2 aliphatic rings. The van der Waals surface area contributed by atoms with Crippen molar-refractivity contribution in [2.24, 2.45) is 16.7 Å². The molecule has 2 fully saturated rings. The first-order chi connectivity index (χ1) is 4.98. The summed E-state index contributed by atoms with van der Waals surface area (Å²) in [5.41, 5.74) is 1.39. The molecule has 3 unspecified atom stereocenters. The summed E-state index contributed by atoms with van der Waals surface area (Å²) in [6, 6.07) is 0. The van der Waals surface area contributed by atoms with Crippen molar-refractivity contribution in [3.63, 3.8) is 0 Å². The number of rotatable bonds is 0. The molecule has 0 aliphatic heterocycles. The fourth-order valence-electron chi connectivity index (χ4n) is 3.60. The average Bonchev–Trinajstić information content (AvgIpc) is 2.20. The number of fused-ring (bicyclic) bond motifs is 2. The molecule has 2 bridgehead atoms. The van der Waals surface area contributed by atoms with E-state index in [0.717, 1.165) is 14.5 Å². The molecule has 0 heterocycles. The third kappa shape index (κ3) is 0.870. The van der Waals surface area contributed by atoms with E-state index in [1.54, 1.807) is 6.42 Å². The van der Waals surface area contributed by atoms with Crippen LogP contribution in [0.2, 0.25) is 3.17 Å². The Balaban J connectivity index is 2.40. The Hall–Kier alpha value is 1.00. The minimum absolute atomic E-state index is 0.666. The van der Waals surface area contributed by atoms with Crippen molar-refractivity contribution >= 4 is 27.9 Å². The van der Waals surface area contributed by atoms with Crippen LogP contribution in [0, 0.1) is 16.7 Å². The summed E-state index contributed by atoms with van der Waals surface area (Å²) in [5.74, 6) is 1.06. The van der Waals surface area contributed by atoms with E-state index in [4.69, 9.17) is 0 Å². The van der Waals surface area contributed by atoms with Crippen molar-refractivity contribution in [1.29, 1.82) is 0 Å². The standard InChI is InChI=1S/C10H17.Na/c1-9(2)8-4-6-10(9,3)7-5-8;/h6,8H,4-5,7H2,1-3H3;. The van der Waals surface area contributed by atoms with Crippen LogP contribution >= 0.6 is 0 Å². The third-order valence-electron chi connectivity index (χ3n) is 5.23. The van der Waals surface area contributed by atoms with Crippen LogP contribution < -0.4 is 0 Å². The fourth-order valence-corrected chi connectivity index (χ4v) is 5.21. The molecule has 2 aliphatic carbocycles. The summed E-state index contributed by atoms with van der Waals surface area (Å²) in [6.07, 6.45) is 4.58. The van der Waals surface area contributed by atoms with E-state index in [9.17, 15) is 0 Å². The van der Waals surface area contributed by atoms with Crippen LogP contribution in [-0.4, -0.2) is 27.9 Å². The summed E-state index contributed by atoms with van der Waals surface area (Å²) in [5, 5.41) is 0. The first kappa shape index (κ1) is 8.59. The molecule has 0 spiro atoms. The van der Waals surface area contributed by atoms with Gasteiger partial charge in [0, 0.05) is 0 Å². The SMILES string of the molecule is CC1(C)C2CCC1(C)[CH]([Na])C2. The van der Waals surface area contributed by atoms with Gasteiger partial charge in [0.1, 0.15) is 0 Å². The van der Waals surface area contributed by atoms with Gasteiger partial charge >= 0.3 is 87.9 Å². The quantitative estimate of drug-likeness (QED) is 0.478. The van der Waals surface area contributed by atoms with E-state index >= 15 is 0 Å². The van der Waals surface area contributed by atoms with Gasteiger partial charge in [0.15, 0.2) is 0 Å². The van der Waals surface area contributed by atoms with Gasteiger partial charge in [-0.05, 0) is 0 Å². The fraction of sp³-hybridized carbons (Fsp3) is 1.00. The molecule has 0 nitrogen and oxygen atoms in total. The maximum absolute atomic E-state index is 2.54. The van der Waals surface area contributed by atoms with Crippen molar-refractivity contribution in [2.45, 2.75) is 43.2 Å². The van der Waals surface area contributed by atoms with Gasteiger partial charge < -0.3 is 0 Å². The van der Waals surface area contributed by atoms with Crippen molar-refractivity contribution in [3.05, 3.63) is 0 Å². The van der Waals surface area contributed by atoms with Crippen LogP contribution in [0.1, 0.15) is 40.0 Å². The van der Waals surface area contributed by atoms with Crippen LogP contribution in [0.25, 0.3) is 0 Å². The topological polar surface area (TPSA) is 0 Å².